The lowest BCUT2D eigenvalue weighted by Gasteiger charge is -2.32. The lowest BCUT2D eigenvalue weighted by molar-refractivity contribution is -0.163. The molecule has 204 valence electrons. The second kappa shape index (κ2) is 11.6. The van der Waals surface area contributed by atoms with Crippen LogP contribution in [0.2, 0.25) is 5.02 Å². The van der Waals surface area contributed by atoms with Crippen LogP contribution in [0.5, 0.6) is 0 Å². The largest absolute Gasteiger partial charge is 0.459 e. The number of halogens is 1. The summed E-state index contributed by atoms with van der Waals surface area (Å²) < 4.78 is 40.2. The van der Waals surface area contributed by atoms with Crippen LogP contribution < -0.4 is 10.0 Å². The van der Waals surface area contributed by atoms with Gasteiger partial charge in [-0.05, 0) is 72.1 Å². The van der Waals surface area contributed by atoms with Crippen LogP contribution in [0, 0.1) is 0 Å². The van der Waals surface area contributed by atoms with Crippen LogP contribution >= 0.6 is 11.6 Å². The first kappa shape index (κ1) is 30.3. The third-order valence-electron chi connectivity index (χ3n) is 5.27. The quantitative estimate of drug-likeness (QED) is 0.401. The Kier molecular flexibility index (Phi) is 9.80. The van der Waals surface area contributed by atoms with Crippen LogP contribution in [0.25, 0.3) is 0 Å². The van der Waals surface area contributed by atoms with Gasteiger partial charge in [0.1, 0.15) is 16.7 Å². The molecule has 0 spiro atoms. The van der Waals surface area contributed by atoms with E-state index >= 15 is 0 Å². The number of nitrogens with zero attached hydrogens (tertiary/aromatic N) is 1. The first-order valence-electron chi connectivity index (χ1n) is 11.8. The number of nitrogens with one attached hydrogen (secondary N) is 2. The molecule has 1 amide bonds. The smallest absolute Gasteiger partial charge is 0.425 e. The Bertz CT molecular complexity index is 1020. The van der Waals surface area contributed by atoms with Crippen molar-refractivity contribution in [2.24, 2.45) is 0 Å². The van der Waals surface area contributed by atoms with Gasteiger partial charge in [0.25, 0.3) is 0 Å². The molecular formula is C24H38ClN3O7S. The second-order valence-electron chi connectivity index (χ2n) is 10.9. The number of hydrogen-bond acceptors (Lipinski definition) is 8. The fourth-order valence-corrected chi connectivity index (χ4v) is 4.92. The first-order valence-corrected chi connectivity index (χ1v) is 13.7. The minimum atomic E-state index is -4.29. The Morgan fingerprint density at radius 3 is 2.22 bits per heavy atom. The molecule has 1 aromatic carbocycles. The molecular weight excluding hydrogens is 510 g/mol. The predicted octanol–water partition coefficient (Wildman–Crippen LogP) is 3.13. The van der Waals surface area contributed by atoms with E-state index in [1.165, 1.54) is 0 Å². The zero-order chi connectivity index (χ0) is 27.4. The number of carbonyl (C=O) groups excluding carboxylic acids is 2. The molecule has 3 N–H and O–H groups in total. The molecule has 0 radical (unpaired) electrons. The van der Waals surface area contributed by atoms with E-state index in [1.54, 1.807) is 65.8 Å². The standard InChI is InChI=1S/C24H38ClN3O7S/c1-22(2,3)34-20(30)24(14-19(29)16-26-24)12-7-13-28(21(31)35-23(4,5)6)36(32,33)27-15-17-8-10-18(25)11-9-17/h8-11,19,26-27,29H,7,12-16H2,1-6H3/t19-,24+/m1/s1. The van der Waals surface area contributed by atoms with Crippen molar-refractivity contribution in [2.75, 3.05) is 13.1 Å². The van der Waals surface area contributed by atoms with E-state index in [-0.39, 0.29) is 38.9 Å². The van der Waals surface area contributed by atoms with E-state index in [1.807, 2.05) is 0 Å². The monoisotopic (exact) mass is 547 g/mol. The van der Waals surface area contributed by atoms with Crippen molar-refractivity contribution in [2.45, 2.75) is 90.2 Å². The predicted molar refractivity (Wildman–Crippen MR) is 137 cm³/mol. The summed E-state index contributed by atoms with van der Waals surface area (Å²) in [7, 11) is -4.29. The molecule has 0 bridgehead atoms. The van der Waals surface area contributed by atoms with Crippen molar-refractivity contribution >= 4 is 33.9 Å². The molecule has 12 heteroatoms. The van der Waals surface area contributed by atoms with Gasteiger partial charge in [0.2, 0.25) is 0 Å². The molecule has 10 nitrogen and oxygen atoms in total. The highest BCUT2D eigenvalue weighted by atomic mass is 35.5. The van der Waals surface area contributed by atoms with Crippen molar-refractivity contribution in [1.82, 2.24) is 14.3 Å². The highest BCUT2D eigenvalue weighted by molar-refractivity contribution is 7.87. The van der Waals surface area contributed by atoms with Gasteiger partial charge in [0, 0.05) is 31.1 Å². The summed E-state index contributed by atoms with van der Waals surface area (Å²) in [5, 5.41) is 13.6. The number of aliphatic hydroxyl groups excluding tert-OH is 1. The van der Waals surface area contributed by atoms with E-state index < -0.39 is 45.1 Å². The molecule has 1 aliphatic heterocycles. The van der Waals surface area contributed by atoms with Crippen molar-refractivity contribution in [3.05, 3.63) is 34.9 Å². The number of aliphatic hydroxyl groups is 1. The molecule has 0 saturated carbocycles. The van der Waals surface area contributed by atoms with Crippen LogP contribution in [0.1, 0.15) is 66.4 Å². The maximum atomic E-state index is 13.1. The number of amides is 1. The van der Waals surface area contributed by atoms with Crippen LogP contribution in [-0.2, 0) is 31.0 Å². The van der Waals surface area contributed by atoms with Gasteiger partial charge in [-0.3, -0.25) is 10.1 Å². The Morgan fingerprint density at radius 1 is 1.14 bits per heavy atom. The van der Waals surface area contributed by atoms with Gasteiger partial charge in [0.05, 0.1) is 6.10 Å². The lowest BCUT2D eigenvalue weighted by Crippen LogP contribution is -2.52. The highest BCUT2D eigenvalue weighted by Crippen LogP contribution is 2.29. The lowest BCUT2D eigenvalue weighted by atomic mass is 9.90. The fraction of sp³-hybridized carbons (Fsp3) is 0.667. The Hall–Kier alpha value is -1.92. The number of β-amino-alcohol motifs (C(OH)–C–C–N with tert-alkyl or cyclic N) is 1. The number of benzene rings is 1. The Labute approximate surface area is 218 Å². The molecule has 0 aromatic heterocycles. The Balaban J connectivity index is 2.18. The summed E-state index contributed by atoms with van der Waals surface area (Å²) in [5.41, 5.74) is -2.19. The number of esters is 1. The van der Waals surface area contributed by atoms with Gasteiger partial charge < -0.3 is 14.6 Å². The average Bonchev–Trinajstić information content (AvgIpc) is 3.10. The third-order valence-corrected chi connectivity index (χ3v) is 6.95. The summed E-state index contributed by atoms with van der Waals surface area (Å²) >= 11 is 5.88. The van der Waals surface area contributed by atoms with Gasteiger partial charge in [-0.15, -0.1) is 0 Å². The topological polar surface area (TPSA) is 134 Å². The minimum Gasteiger partial charge on any atom is -0.459 e. The molecule has 2 rings (SSSR count). The van der Waals surface area contributed by atoms with Crippen molar-refractivity contribution in [3.8, 4) is 0 Å². The van der Waals surface area contributed by atoms with Crippen LogP contribution in [-0.4, -0.2) is 65.8 Å². The summed E-state index contributed by atoms with van der Waals surface area (Å²) in [6.45, 7) is 10.0. The molecule has 1 saturated heterocycles. The first-order chi connectivity index (χ1) is 16.4. The number of rotatable bonds is 9. The molecule has 1 aliphatic rings. The highest BCUT2D eigenvalue weighted by Gasteiger charge is 2.47. The van der Waals surface area contributed by atoms with Gasteiger partial charge >= 0.3 is 22.3 Å². The van der Waals surface area contributed by atoms with Crippen molar-refractivity contribution in [1.29, 1.82) is 0 Å². The van der Waals surface area contributed by atoms with Crippen LogP contribution in [0.3, 0.4) is 0 Å². The molecule has 1 heterocycles. The van der Waals surface area contributed by atoms with E-state index in [2.05, 4.69) is 10.0 Å². The molecule has 1 fully saturated rings. The molecule has 0 unspecified atom stereocenters. The number of carbonyl (C=O) groups is 2. The zero-order valence-corrected chi connectivity index (χ0v) is 23.3. The molecule has 0 aliphatic carbocycles. The van der Waals surface area contributed by atoms with Gasteiger partial charge in [-0.2, -0.15) is 17.4 Å². The zero-order valence-electron chi connectivity index (χ0n) is 21.8. The Morgan fingerprint density at radius 2 is 1.72 bits per heavy atom. The van der Waals surface area contributed by atoms with Crippen LogP contribution in [0.15, 0.2) is 24.3 Å². The molecule has 2 atom stereocenters. The summed E-state index contributed by atoms with van der Waals surface area (Å²) in [6, 6.07) is 6.61. The van der Waals surface area contributed by atoms with Gasteiger partial charge in [-0.25, -0.2) is 4.79 Å². The second-order valence-corrected chi connectivity index (χ2v) is 13.0. The minimum absolute atomic E-state index is 0.0611. The van der Waals surface area contributed by atoms with Crippen LogP contribution in [0.4, 0.5) is 4.79 Å². The van der Waals surface area contributed by atoms with Gasteiger partial charge in [0.15, 0.2) is 0 Å². The van der Waals surface area contributed by atoms with E-state index in [9.17, 15) is 23.1 Å². The SMILES string of the molecule is CC(C)(C)OC(=O)N(CCC[C@@]1(C(=O)OC(C)(C)C)C[C@@H](O)CN1)S(=O)(=O)NCc1ccc(Cl)cc1. The maximum absolute atomic E-state index is 13.1. The molecule has 36 heavy (non-hydrogen) atoms. The summed E-state index contributed by atoms with van der Waals surface area (Å²) in [4.78, 5) is 25.8. The van der Waals surface area contributed by atoms with Gasteiger partial charge in [-0.1, -0.05) is 23.7 Å². The fourth-order valence-electron chi connectivity index (χ4n) is 3.69. The third kappa shape index (κ3) is 9.19. The normalized spacial score (nSPS) is 20.7. The van der Waals surface area contributed by atoms with Crippen molar-refractivity contribution in [3.63, 3.8) is 0 Å². The summed E-state index contributed by atoms with van der Waals surface area (Å²) in [6.07, 6.45) is -1.39. The maximum Gasteiger partial charge on any atom is 0.425 e. The number of ether oxygens (including phenoxy) is 2. The van der Waals surface area contributed by atoms with E-state index in [0.717, 1.165) is 0 Å². The van der Waals surface area contributed by atoms with Crippen molar-refractivity contribution < 1.29 is 32.6 Å². The summed E-state index contributed by atoms with van der Waals surface area (Å²) in [5.74, 6) is -0.529. The average molecular weight is 548 g/mol. The molecule has 1 aromatic rings. The van der Waals surface area contributed by atoms with E-state index in [0.29, 0.717) is 14.9 Å². The van der Waals surface area contributed by atoms with E-state index in [4.69, 9.17) is 21.1 Å². The number of hydrogen-bond donors (Lipinski definition) is 3.